The van der Waals surface area contributed by atoms with Gasteiger partial charge < -0.3 is 9.47 Å². The Morgan fingerprint density at radius 2 is 1.83 bits per heavy atom. The van der Waals surface area contributed by atoms with E-state index >= 15 is 0 Å². The number of methoxy groups -OCH3 is 2. The molecule has 6 nitrogen and oxygen atoms in total. The number of benzene rings is 1. The van der Waals surface area contributed by atoms with E-state index in [1.54, 1.807) is 18.2 Å². The molecular formula is C12H12N2O4. The standard InChI is InChI=1S/C12H12N2O4/c1-17-7-4-3-6(5-8(7)18-2)9-10(13)12(16)14-11(9)15/h3-5,9,13H,1-2H3,(H,14,15,16)/t9-/m1/s1. The fourth-order valence-corrected chi connectivity index (χ4v) is 1.86. The zero-order chi connectivity index (χ0) is 13.3. The van der Waals surface area contributed by atoms with Crippen LogP contribution >= 0.6 is 0 Å². The SMILES string of the molecule is COc1ccc([C@@H]2C(=N)C(=O)NC2=O)cc1OC. The zero-order valence-corrected chi connectivity index (χ0v) is 9.94. The molecule has 0 aliphatic carbocycles. The summed E-state index contributed by atoms with van der Waals surface area (Å²) < 4.78 is 10.2. The average molecular weight is 248 g/mol. The van der Waals surface area contributed by atoms with Gasteiger partial charge in [-0.15, -0.1) is 0 Å². The van der Waals surface area contributed by atoms with Crippen LogP contribution in [0.2, 0.25) is 0 Å². The van der Waals surface area contributed by atoms with Gasteiger partial charge in [0.15, 0.2) is 11.5 Å². The summed E-state index contributed by atoms with van der Waals surface area (Å²) in [5.41, 5.74) is 0.271. The van der Waals surface area contributed by atoms with Crippen LogP contribution in [0, 0.1) is 5.41 Å². The summed E-state index contributed by atoms with van der Waals surface area (Å²) >= 11 is 0. The molecule has 1 saturated heterocycles. The molecule has 94 valence electrons. The van der Waals surface area contributed by atoms with Gasteiger partial charge in [0.25, 0.3) is 5.91 Å². The molecule has 0 aromatic heterocycles. The second kappa shape index (κ2) is 4.48. The number of amides is 2. The Labute approximate surface area is 103 Å². The van der Waals surface area contributed by atoms with E-state index in [2.05, 4.69) is 5.32 Å². The summed E-state index contributed by atoms with van der Waals surface area (Å²) in [6.45, 7) is 0. The fourth-order valence-electron chi connectivity index (χ4n) is 1.86. The van der Waals surface area contributed by atoms with Gasteiger partial charge in [0.1, 0.15) is 11.6 Å². The molecule has 18 heavy (non-hydrogen) atoms. The number of ether oxygens (including phenoxy) is 2. The number of carbonyl (C=O) groups is 2. The van der Waals surface area contributed by atoms with E-state index in [-0.39, 0.29) is 5.71 Å². The van der Waals surface area contributed by atoms with Crippen LogP contribution in [0.25, 0.3) is 0 Å². The molecule has 1 aromatic rings. The monoisotopic (exact) mass is 248 g/mol. The summed E-state index contributed by atoms with van der Waals surface area (Å²) in [5.74, 6) is -1.04. The molecule has 1 aliphatic rings. The predicted molar refractivity (Wildman–Crippen MR) is 63.2 cm³/mol. The molecule has 0 spiro atoms. The van der Waals surface area contributed by atoms with Gasteiger partial charge in [0.2, 0.25) is 5.91 Å². The van der Waals surface area contributed by atoms with Crippen LogP contribution in [0.3, 0.4) is 0 Å². The summed E-state index contributed by atoms with van der Waals surface area (Å²) in [6.07, 6.45) is 0. The minimum atomic E-state index is -0.877. The second-order valence-corrected chi connectivity index (χ2v) is 3.78. The highest BCUT2D eigenvalue weighted by atomic mass is 16.5. The van der Waals surface area contributed by atoms with Gasteiger partial charge in [0.05, 0.1) is 14.2 Å². The Kier molecular flexibility index (Phi) is 3.01. The molecule has 2 rings (SSSR count). The Morgan fingerprint density at radius 3 is 2.33 bits per heavy atom. The van der Waals surface area contributed by atoms with Crippen molar-refractivity contribution < 1.29 is 19.1 Å². The van der Waals surface area contributed by atoms with Gasteiger partial charge in [-0.05, 0) is 17.7 Å². The first kappa shape index (κ1) is 12.1. The van der Waals surface area contributed by atoms with Gasteiger partial charge >= 0.3 is 0 Å². The van der Waals surface area contributed by atoms with Crippen molar-refractivity contribution >= 4 is 17.5 Å². The third-order valence-electron chi connectivity index (χ3n) is 2.77. The van der Waals surface area contributed by atoms with Crippen molar-refractivity contribution in [1.82, 2.24) is 5.32 Å². The lowest BCUT2D eigenvalue weighted by atomic mass is 9.95. The summed E-state index contributed by atoms with van der Waals surface area (Å²) in [7, 11) is 2.98. The largest absolute Gasteiger partial charge is 0.493 e. The normalized spacial score (nSPS) is 18.8. The molecule has 1 aliphatic heterocycles. The minimum Gasteiger partial charge on any atom is -0.493 e. The molecule has 0 saturated carbocycles. The first-order valence-corrected chi connectivity index (χ1v) is 5.24. The molecule has 1 heterocycles. The molecule has 6 heteroatoms. The van der Waals surface area contributed by atoms with Crippen molar-refractivity contribution in [2.75, 3.05) is 14.2 Å². The van der Waals surface area contributed by atoms with Crippen molar-refractivity contribution in [2.45, 2.75) is 5.92 Å². The molecule has 0 radical (unpaired) electrons. The number of hydrogen-bond acceptors (Lipinski definition) is 5. The highest BCUT2D eigenvalue weighted by molar-refractivity contribution is 6.51. The van der Waals surface area contributed by atoms with Crippen molar-refractivity contribution in [3.63, 3.8) is 0 Å². The number of rotatable bonds is 3. The molecule has 2 N–H and O–H groups in total. The second-order valence-electron chi connectivity index (χ2n) is 3.78. The average Bonchev–Trinajstić information content (AvgIpc) is 2.62. The van der Waals surface area contributed by atoms with E-state index < -0.39 is 17.7 Å². The summed E-state index contributed by atoms with van der Waals surface area (Å²) in [4.78, 5) is 22.8. The van der Waals surface area contributed by atoms with E-state index in [1.807, 2.05) is 0 Å². The van der Waals surface area contributed by atoms with E-state index in [1.165, 1.54) is 14.2 Å². The fraction of sp³-hybridized carbons (Fsp3) is 0.250. The molecule has 2 amide bonds. The smallest absolute Gasteiger partial charge is 0.272 e. The van der Waals surface area contributed by atoms with E-state index in [0.29, 0.717) is 17.1 Å². The molecular weight excluding hydrogens is 236 g/mol. The maximum Gasteiger partial charge on any atom is 0.272 e. The van der Waals surface area contributed by atoms with Crippen LogP contribution in [0.4, 0.5) is 0 Å². The van der Waals surface area contributed by atoms with Crippen molar-refractivity contribution in [2.24, 2.45) is 0 Å². The summed E-state index contributed by atoms with van der Waals surface area (Å²) in [6, 6.07) is 4.87. The lowest BCUT2D eigenvalue weighted by Crippen LogP contribution is -2.21. The predicted octanol–water partition coefficient (Wildman–Crippen LogP) is 0.464. The first-order valence-electron chi connectivity index (χ1n) is 5.24. The van der Waals surface area contributed by atoms with Crippen LogP contribution in [0.5, 0.6) is 11.5 Å². The highest BCUT2D eigenvalue weighted by Gasteiger charge is 2.38. The lowest BCUT2D eigenvalue weighted by Gasteiger charge is -2.11. The van der Waals surface area contributed by atoms with Crippen LogP contribution in [0.1, 0.15) is 11.5 Å². The van der Waals surface area contributed by atoms with E-state index in [4.69, 9.17) is 14.9 Å². The van der Waals surface area contributed by atoms with Crippen LogP contribution in [-0.2, 0) is 9.59 Å². The van der Waals surface area contributed by atoms with Gasteiger partial charge in [0, 0.05) is 0 Å². The Balaban J connectivity index is 2.43. The minimum absolute atomic E-state index is 0.257. The van der Waals surface area contributed by atoms with Crippen LogP contribution in [-0.4, -0.2) is 31.7 Å². The number of imide groups is 1. The molecule has 1 atom stereocenters. The zero-order valence-electron chi connectivity index (χ0n) is 9.94. The Bertz CT molecular complexity index is 539. The maximum atomic E-state index is 11.6. The molecule has 0 bridgehead atoms. The Hall–Kier alpha value is -2.37. The van der Waals surface area contributed by atoms with Crippen molar-refractivity contribution in [3.05, 3.63) is 23.8 Å². The van der Waals surface area contributed by atoms with Gasteiger partial charge in [-0.1, -0.05) is 6.07 Å². The molecule has 1 aromatic carbocycles. The molecule has 0 unspecified atom stereocenters. The third kappa shape index (κ3) is 1.81. The van der Waals surface area contributed by atoms with Crippen molar-refractivity contribution in [1.29, 1.82) is 5.41 Å². The van der Waals surface area contributed by atoms with Gasteiger partial charge in [-0.2, -0.15) is 0 Å². The van der Waals surface area contributed by atoms with E-state index in [0.717, 1.165) is 0 Å². The first-order chi connectivity index (χ1) is 8.58. The van der Waals surface area contributed by atoms with Crippen LogP contribution in [0.15, 0.2) is 18.2 Å². The van der Waals surface area contributed by atoms with Gasteiger partial charge in [-0.3, -0.25) is 20.3 Å². The van der Waals surface area contributed by atoms with E-state index in [9.17, 15) is 9.59 Å². The lowest BCUT2D eigenvalue weighted by molar-refractivity contribution is -0.124. The molecule has 1 fully saturated rings. The van der Waals surface area contributed by atoms with Crippen LogP contribution < -0.4 is 14.8 Å². The summed E-state index contributed by atoms with van der Waals surface area (Å²) in [5, 5.41) is 9.71. The quantitative estimate of drug-likeness (QED) is 0.761. The maximum absolute atomic E-state index is 11.6. The number of nitrogens with one attached hydrogen (secondary N) is 2. The third-order valence-corrected chi connectivity index (χ3v) is 2.77. The topological polar surface area (TPSA) is 88.5 Å². The number of hydrogen-bond donors (Lipinski definition) is 2. The number of carbonyl (C=O) groups excluding carboxylic acids is 2. The van der Waals surface area contributed by atoms with Gasteiger partial charge in [-0.25, -0.2) is 0 Å². The van der Waals surface area contributed by atoms with Crippen molar-refractivity contribution in [3.8, 4) is 11.5 Å². The Morgan fingerprint density at radius 1 is 1.17 bits per heavy atom. The highest BCUT2D eigenvalue weighted by Crippen LogP contribution is 2.32.